The quantitative estimate of drug-likeness (QED) is 0.867. The Balaban J connectivity index is 1.90. The summed E-state index contributed by atoms with van der Waals surface area (Å²) >= 11 is 12.1. The first-order chi connectivity index (χ1) is 9.60. The van der Waals surface area contributed by atoms with Gasteiger partial charge in [-0.05, 0) is 69.6 Å². The average Bonchev–Trinajstić information content (AvgIpc) is 2.45. The third kappa shape index (κ3) is 4.36. The van der Waals surface area contributed by atoms with E-state index >= 15 is 0 Å². The van der Waals surface area contributed by atoms with Gasteiger partial charge < -0.3 is 10.2 Å². The zero-order valence-electron chi connectivity index (χ0n) is 12.3. The summed E-state index contributed by atoms with van der Waals surface area (Å²) in [6.07, 6.45) is 3.65. The molecule has 1 saturated heterocycles. The van der Waals surface area contributed by atoms with E-state index in [1.54, 1.807) is 0 Å². The molecule has 1 aliphatic heterocycles. The van der Waals surface area contributed by atoms with Crippen LogP contribution in [0.4, 0.5) is 0 Å². The molecule has 0 bridgehead atoms. The van der Waals surface area contributed by atoms with E-state index in [-0.39, 0.29) is 0 Å². The normalized spacial score (nSPS) is 19.2. The van der Waals surface area contributed by atoms with Crippen molar-refractivity contribution in [3.05, 3.63) is 33.8 Å². The van der Waals surface area contributed by atoms with Crippen LogP contribution in [0, 0.1) is 5.92 Å². The van der Waals surface area contributed by atoms with E-state index in [1.807, 2.05) is 12.1 Å². The molecule has 2 nitrogen and oxygen atoms in total. The average molecular weight is 315 g/mol. The Labute approximate surface area is 132 Å². The van der Waals surface area contributed by atoms with Crippen LogP contribution in [0.15, 0.2) is 18.2 Å². The zero-order chi connectivity index (χ0) is 14.5. The van der Waals surface area contributed by atoms with Crippen LogP contribution in [0.5, 0.6) is 0 Å². The lowest BCUT2D eigenvalue weighted by Crippen LogP contribution is -2.36. The minimum Gasteiger partial charge on any atom is -0.310 e. The van der Waals surface area contributed by atoms with Crippen LogP contribution < -0.4 is 5.32 Å². The summed E-state index contributed by atoms with van der Waals surface area (Å²) in [5.41, 5.74) is 1.23. The molecule has 1 unspecified atom stereocenters. The van der Waals surface area contributed by atoms with Crippen molar-refractivity contribution in [2.75, 3.05) is 26.7 Å². The van der Waals surface area contributed by atoms with Gasteiger partial charge in [0.05, 0.1) is 10.0 Å². The molecule has 1 heterocycles. The summed E-state index contributed by atoms with van der Waals surface area (Å²) < 4.78 is 0. The molecule has 20 heavy (non-hydrogen) atoms. The molecule has 0 radical (unpaired) electrons. The van der Waals surface area contributed by atoms with Gasteiger partial charge in [0.25, 0.3) is 0 Å². The van der Waals surface area contributed by atoms with Crippen molar-refractivity contribution in [1.82, 2.24) is 10.2 Å². The van der Waals surface area contributed by atoms with Crippen molar-refractivity contribution in [2.45, 2.75) is 32.2 Å². The third-order valence-corrected chi connectivity index (χ3v) is 4.98. The Kier molecular flexibility index (Phi) is 6.16. The minimum absolute atomic E-state index is 0.365. The van der Waals surface area contributed by atoms with Gasteiger partial charge >= 0.3 is 0 Å². The fourth-order valence-electron chi connectivity index (χ4n) is 2.80. The van der Waals surface area contributed by atoms with Crippen molar-refractivity contribution in [2.24, 2.45) is 5.92 Å². The highest BCUT2D eigenvalue weighted by molar-refractivity contribution is 6.42. The number of nitrogens with one attached hydrogen (secondary N) is 1. The van der Waals surface area contributed by atoms with Gasteiger partial charge in [-0.15, -0.1) is 0 Å². The molecule has 0 saturated carbocycles. The molecule has 1 atom stereocenters. The fourth-order valence-corrected chi connectivity index (χ4v) is 3.11. The van der Waals surface area contributed by atoms with Gasteiger partial charge in [-0.2, -0.15) is 0 Å². The van der Waals surface area contributed by atoms with Gasteiger partial charge in [0.1, 0.15) is 0 Å². The number of piperidine rings is 1. The van der Waals surface area contributed by atoms with Gasteiger partial charge in [-0.1, -0.05) is 36.2 Å². The van der Waals surface area contributed by atoms with E-state index < -0.39 is 0 Å². The number of hydrogen-bond donors (Lipinski definition) is 1. The third-order valence-electron chi connectivity index (χ3n) is 4.25. The molecule has 1 aliphatic rings. The van der Waals surface area contributed by atoms with Crippen LogP contribution >= 0.6 is 23.2 Å². The lowest BCUT2D eigenvalue weighted by Gasteiger charge is -2.30. The Morgan fingerprint density at radius 2 is 1.95 bits per heavy atom. The Hall–Kier alpha value is -0.280. The standard InChI is InChI=1S/C16H24Cl2N2/c1-3-16(13-4-5-14(17)15(18)10-13)19-11-12-6-8-20(2)9-7-12/h4-5,10,12,16,19H,3,6-9,11H2,1-2H3. The molecule has 0 spiro atoms. The van der Waals surface area contributed by atoms with E-state index in [9.17, 15) is 0 Å². The maximum atomic E-state index is 6.11. The number of hydrogen-bond acceptors (Lipinski definition) is 2. The smallest absolute Gasteiger partial charge is 0.0595 e. The molecule has 0 amide bonds. The van der Waals surface area contributed by atoms with E-state index in [4.69, 9.17) is 23.2 Å². The first-order valence-corrected chi connectivity index (χ1v) is 8.22. The molecule has 4 heteroatoms. The second kappa shape index (κ2) is 7.65. The summed E-state index contributed by atoms with van der Waals surface area (Å²) in [5.74, 6) is 0.794. The number of rotatable bonds is 5. The van der Waals surface area contributed by atoms with Crippen LogP contribution in [0.25, 0.3) is 0 Å². The van der Waals surface area contributed by atoms with Gasteiger partial charge in [0.2, 0.25) is 0 Å². The van der Waals surface area contributed by atoms with Crippen LogP contribution in [0.1, 0.15) is 37.8 Å². The van der Waals surface area contributed by atoms with Crippen molar-refractivity contribution >= 4 is 23.2 Å². The summed E-state index contributed by atoms with van der Waals surface area (Å²) in [6.45, 7) is 5.73. The zero-order valence-corrected chi connectivity index (χ0v) is 13.8. The van der Waals surface area contributed by atoms with E-state index in [0.29, 0.717) is 16.1 Å². The second-order valence-electron chi connectivity index (χ2n) is 5.79. The predicted molar refractivity (Wildman–Crippen MR) is 87.7 cm³/mol. The predicted octanol–water partition coefficient (Wildman–Crippen LogP) is 4.38. The first kappa shape index (κ1) is 16.1. The Morgan fingerprint density at radius 1 is 1.25 bits per heavy atom. The summed E-state index contributed by atoms with van der Waals surface area (Å²) in [6, 6.07) is 6.31. The fraction of sp³-hybridized carbons (Fsp3) is 0.625. The molecule has 2 rings (SSSR count). The molecular formula is C16H24Cl2N2. The molecule has 1 aromatic carbocycles. The maximum absolute atomic E-state index is 6.11. The first-order valence-electron chi connectivity index (χ1n) is 7.47. The van der Waals surface area contributed by atoms with E-state index in [1.165, 1.54) is 31.5 Å². The summed E-state index contributed by atoms with van der Waals surface area (Å²) in [4.78, 5) is 2.41. The summed E-state index contributed by atoms with van der Waals surface area (Å²) in [7, 11) is 2.20. The molecular weight excluding hydrogens is 291 g/mol. The van der Waals surface area contributed by atoms with Crippen LogP contribution in [0.3, 0.4) is 0 Å². The lowest BCUT2D eigenvalue weighted by molar-refractivity contribution is 0.212. The Bertz CT molecular complexity index is 428. The largest absolute Gasteiger partial charge is 0.310 e. The monoisotopic (exact) mass is 314 g/mol. The Morgan fingerprint density at radius 3 is 2.55 bits per heavy atom. The number of likely N-dealkylation sites (tertiary alicyclic amines) is 1. The number of nitrogens with zero attached hydrogens (tertiary/aromatic N) is 1. The minimum atomic E-state index is 0.365. The van der Waals surface area contributed by atoms with Crippen LogP contribution in [-0.2, 0) is 0 Å². The topological polar surface area (TPSA) is 15.3 Å². The molecule has 1 aromatic rings. The van der Waals surface area contributed by atoms with Gasteiger partial charge in [-0.25, -0.2) is 0 Å². The molecule has 1 N–H and O–H groups in total. The van der Waals surface area contributed by atoms with E-state index in [0.717, 1.165) is 18.9 Å². The molecule has 0 aliphatic carbocycles. The van der Waals surface area contributed by atoms with Crippen molar-refractivity contribution < 1.29 is 0 Å². The SMILES string of the molecule is CCC(NCC1CCN(C)CC1)c1ccc(Cl)c(Cl)c1. The van der Waals surface area contributed by atoms with Crippen molar-refractivity contribution in [3.8, 4) is 0 Å². The number of halogens is 2. The van der Waals surface area contributed by atoms with E-state index in [2.05, 4.69) is 30.3 Å². The highest BCUT2D eigenvalue weighted by atomic mass is 35.5. The van der Waals surface area contributed by atoms with Crippen molar-refractivity contribution in [3.63, 3.8) is 0 Å². The maximum Gasteiger partial charge on any atom is 0.0595 e. The van der Waals surface area contributed by atoms with Gasteiger partial charge in [-0.3, -0.25) is 0 Å². The molecule has 1 fully saturated rings. The summed E-state index contributed by atoms with van der Waals surface area (Å²) in [5, 5.41) is 4.96. The highest BCUT2D eigenvalue weighted by Crippen LogP contribution is 2.27. The van der Waals surface area contributed by atoms with Crippen LogP contribution in [0.2, 0.25) is 10.0 Å². The van der Waals surface area contributed by atoms with Crippen molar-refractivity contribution in [1.29, 1.82) is 0 Å². The van der Waals surface area contributed by atoms with Gasteiger partial charge in [0.15, 0.2) is 0 Å². The molecule has 0 aromatic heterocycles. The second-order valence-corrected chi connectivity index (χ2v) is 6.60. The lowest BCUT2D eigenvalue weighted by atomic mass is 9.96. The highest BCUT2D eigenvalue weighted by Gasteiger charge is 2.18. The van der Waals surface area contributed by atoms with Crippen LogP contribution in [-0.4, -0.2) is 31.6 Å². The molecule has 112 valence electrons. The number of benzene rings is 1. The van der Waals surface area contributed by atoms with Gasteiger partial charge in [0, 0.05) is 6.04 Å².